The third kappa shape index (κ3) is 5.48. The normalized spacial score (nSPS) is 11.9. The molecule has 0 aliphatic heterocycles. The molecular formula is C22H24N4O2S. The van der Waals surface area contributed by atoms with Crippen LogP contribution in [0.15, 0.2) is 54.2 Å². The topological polar surface area (TPSA) is 84.0 Å². The number of amides is 2. The Morgan fingerprint density at radius 3 is 2.62 bits per heavy atom. The van der Waals surface area contributed by atoms with Gasteiger partial charge in [0, 0.05) is 28.9 Å². The van der Waals surface area contributed by atoms with Crippen molar-refractivity contribution in [3.63, 3.8) is 0 Å². The van der Waals surface area contributed by atoms with E-state index in [1.165, 1.54) is 11.3 Å². The molecule has 150 valence electrons. The van der Waals surface area contributed by atoms with Gasteiger partial charge < -0.3 is 10.6 Å². The number of carbonyl (C=O) groups excluding carboxylic acids is 2. The van der Waals surface area contributed by atoms with Crippen molar-refractivity contribution in [3.8, 4) is 11.3 Å². The molecule has 3 aromatic rings. The van der Waals surface area contributed by atoms with Gasteiger partial charge in [0.05, 0.1) is 5.69 Å². The van der Waals surface area contributed by atoms with Crippen LogP contribution in [0.5, 0.6) is 0 Å². The van der Waals surface area contributed by atoms with E-state index in [2.05, 4.69) is 20.6 Å². The van der Waals surface area contributed by atoms with Crippen LogP contribution >= 0.6 is 11.3 Å². The Bertz CT molecular complexity index is 985. The van der Waals surface area contributed by atoms with Crippen molar-refractivity contribution in [3.05, 3.63) is 65.3 Å². The van der Waals surface area contributed by atoms with E-state index in [0.29, 0.717) is 17.1 Å². The Morgan fingerprint density at radius 1 is 1.14 bits per heavy atom. The SMILES string of the molecule is Cc1ccccc1C(=O)NC(CC(C)C)C(=O)Nc1nc(-c2cccnc2)cs1. The molecule has 0 bridgehead atoms. The lowest BCUT2D eigenvalue weighted by atomic mass is 10.0. The lowest BCUT2D eigenvalue weighted by molar-refractivity contribution is -0.118. The highest BCUT2D eigenvalue weighted by Crippen LogP contribution is 2.24. The Kier molecular flexibility index (Phi) is 6.72. The minimum atomic E-state index is -0.646. The first-order valence-corrected chi connectivity index (χ1v) is 10.3. The maximum absolute atomic E-state index is 12.9. The van der Waals surface area contributed by atoms with Crippen LogP contribution in [-0.4, -0.2) is 27.8 Å². The van der Waals surface area contributed by atoms with Crippen molar-refractivity contribution in [1.82, 2.24) is 15.3 Å². The molecule has 6 nitrogen and oxygen atoms in total. The highest BCUT2D eigenvalue weighted by molar-refractivity contribution is 7.14. The van der Waals surface area contributed by atoms with Crippen molar-refractivity contribution >= 4 is 28.3 Å². The zero-order valence-electron chi connectivity index (χ0n) is 16.7. The van der Waals surface area contributed by atoms with Crippen molar-refractivity contribution in [2.45, 2.75) is 33.2 Å². The van der Waals surface area contributed by atoms with E-state index in [-0.39, 0.29) is 17.7 Å². The summed E-state index contributed by atoms with van der Waals surface area (Å²) in [5, 5.41) is 8.09. The number of hydrogen-bond donors (Lipinski definition) is 2. The number of aromatic nitrogens is 2. The Hall–Kier alpha value is -3.06. The second-order valence-electron chi connectivity index (χ2n) is 7.24. The van der Waals surface area contributed by atoms with E-state index in [0.717, 1.165) is 16.8 Å². The molecule has 1 unspecified atom stereocenters. The smallest absolute Gasteiger partial charge is 0.252 e. The number of nitrogens with one attached hydrogen (secondary N) is 2. The summed E-state index contributed by atoms with van der Waals surface area (Å²) in [5.41, 5.74) is 3.08. The number of thiazole rings is 1. The van der Waals surface area contributed by atoms with Gasteiger partial charge in [-0.15, -0.1) is 11.3 Å². The van der Waals surface area contributed by atoms with E-state index < -0.39 is 6.04 Å². The van der Waals surface area contributed by atoms with Crippen LogP contribution in [0.25, 0.3) is 11.3 Å². The molecule has 2 aromatic heterocycles. The van der Waals surface area contributed by atoms with Crippen LogP contribution in [0, 0.1) is 12.8 Å². The standard InChI is InChI=1S/C22H24N4O2S/c1-14(2)11-18(24-20(27)17-9-5-4-7-15(17)3)21(28)26-22-25-19(13-29-22)16-8-6-10-23-12-16/h4-10,12-14,18H,11H2,1-3H3,(H,24,27)(H,25,26,28). The van der Waals surface area contributed by atoms with Gasteiger partial charge in [0.1, 0.15) is 6.04 Å². The Morgan fingerprint density at radius 2 is 1.93 bits per heavy atom. The van der Waals surface area contributed by atoms with Gasteiger partial charge in [-0.3, -0.25) is 14.6 Å². The molecule has 29 heavy (non-hydrogen) atoms. The second kappa shape index (κ2) is 9.43. The van der Waals surface area contributed by atoms with Gasteiger partial charge in [-0.2, -0.15) is 0 Å². The van der Waals surface area contributed by atoms with Crippen LogP contribution in [0.2, 0.25) is 0 Å². The summed E-state index contributed by atoms with van der Waals surface area (Å²) in [6.45, 7) is 5.91. The highest BCUT2D eigenvalue weighted by Gasteiger charge is 2.24. The molecule has 0 radical (unpaired) electrons. The summed E-state index contributed by atoms with van der Waals surface area (Å²) in [4.78, 5) is 34.1. The molecule has 0 aliphatic carbocycles. The maximum Gasteiger partial charge on any atom is 0.252 e. The van der Waals surface area contributed by atoms with Gasteiger partial charge in [-0.1, -0.05) is 32.0 Å². The number of nitrogens with zero attached hydrogens (tertiary/aromatic N) is 2. The minimum absolute atomic E-state index is 0.241. The maximum atomic E-state index is 12.9. The van der Waals surface area contributed by atoms with Gasteiger partial charge in [-0.05, 0) is 43.0 Å². The van der Waals surface area contributed by atoms with Gasteiger partial charge in [0.25, 0.3) is 5.91 Å². The largest absolute Gasteiger partial charge is 0.340 e. The summed E-state index contributed by atoms with van der Waals surface area (Å²) < 4.78 is 0. The molecule has 2 amide bonds. The molecule has 2 heterocycles. The minimum Gasteiger partial charge on any atom is -0.340 e. The highest BCUT2D eigenvalue weighted by atomic mass is 32.1. The van der Waals surface area contributed by atoms with Crippen LogP contribution in [0.3, 0.4) is 0 Å². The zero-order valence-corrected chi connectivity index (χ0v) is 17.5. The average Bonchev–Trinajstić information content (AvgIpc) is 3.16. The zero-order chi connectivity index (χ0) is 20.8. The van der Waals surface area contributed by atoms with Crippen molar-refractivity contribution in [1.29, 1.82) is 0 Å². The molecule has 0 aliphatic rings. The summed E-state index contributed by atoms with van der Waals surface area (Å²) in [6.07, 6.45) is 3.96. The molecule has 1 atom stereocenters. The molecule has 2 N–H and O–H groups in total. The Balaban J connectivity index is 1.72. The predicted octanol–water partition coefficient (Wildman–Crippen LogP) is 4.30. The van der Waals surface area contributed by atoms with Crippen molar-refractivity contribution in [2.24, 2.45) is 5.92 Å². The molecule has 7 heteroatoms. The van der Waals surface area contributed by atoms with Gasteiger partial charge >= 0.3 is 0 Å². The first-order chi connectivity index (χ1) is 13.9. The summed E-state index contributed by atoms with van der Waals surface area (Å²) in [7, 11) is 0. The third-order valence-corrected chi connectivity index (χ3v) is 5.17. The number of pyridine rings is 1. The number of benzene rings is 1. The third-order valence-electron chi connectivity index (χ3n) is 4.41. The number of carbonyl (C=O) groups is 2. The fourth-order valence-electron chi connectivity index (χ4n) is 2.94. The molecule has 0 saturated heterocycles. The van der Waals surface area contributed by atoms with Crippen LogP contribution in [0.4, 0.5) is 5.13 Å². The van der Waals surface area contributed by atoms with E-state index in [1.807, 2.05) is 56.5 Å². The van der Waals surface area contributed by atoms with Gasteiger partial charge in [0.15, 0.2) is 5.13 Å². The van der Waals surface area contributed by atoms with Gasteiger partial charge in [-0.25, -0.2) is 4.98 Å². The van der Waals surface area contributed by atoms with E-state index in [4.69, 9.17) is 0 Å². The van der Waals surface area contributed by atoms with Crippen LogP contribution < -0.4 is 10.6 Å². The van der Waals surface area contributed by atoms with Crippen LogP contribution in [-0.2, 0) is 4.79 Å². The van der Waals surface area contributed by atoms with Gasteiger partial charge in [0.2, 0.25) is 5.91 Å². The first kappa shape index (κ1) is 20.7. The van der Waals surface area contributed by atoms with E-state index >= 15 is 0 Å². The molecule has 0 saturated carbocycles. The lowest BCUT2D eigenvalue weighted by Gasteiger charge is -2.20. The Labute approximate surface area is 174 Å². The van der Waals surface area contributed by atoms with E-state index in [1.54, 1.807) is 18.5 Å². The number of anilines is 1. The average molecular weight is 409 g/mol. The number of rotatable bonds is 7. The summed E-state index contributed by atoms with van der Waals surface area (Å²) >= 11 is 1.34. The second-order valence-corrected chi connectivity index (χ2v) is 8.10. The molecule has 0 spiro atoms. The lowest BCUT2D eigenvalue weighted by Crippen LogP contribution is -2.44. The molecule has 3 rings (SSSR count). The number of aryl methyl sites for hydroxylation is 1. The quantitative estimate of drug-likeness (QED) is 0.611. The molecular weight excluding hydrogens is 384 g/mol. The van der Waals surface area contributed by atoms with E-state index in [9.17, 15) is 9.59 Å². The summed E-state index contributed by atoms with van der Waals surface area (Å²) in [5.74, 6) is -0.281. The van der Waals surface area contributed by atoms with Crippen molar-refractivity contribution < 1.29 is 9.59 Å². The number of hydrogen-bond acceptors (Lipinski definition) is 5. The fraction of sp³-hybridized carbons (Fsp3) is 0.273. The van der Waals surface area contributed by atoms with Crippen LogP contribution in [0.1, 0.15) is 36.2 Å². The fourth-order valence-corrected chi connectivity index (χ4v) is 3.66. The van der Waals surface area contributed by atoms with Crippen molar-refractivity contribution in [2.75, 3.05) is 5.32 Å². The monoisotopic (exact) mass is 408 g/mol. The molecule has 1 aromatic carbocycles. The predicted molar refractivity (Wildman–Crippen MR) is 116 cm³/mol. The first-order valence-electron chi connectivity index (χ1n) is 9.47. The molecule has 0 fully saturated rings. The summed E-state index contributed by atoms with van der Waals surface area (Å²) in [6, 6.07) is 10.4.